The van der Waals surface area contributed by atoms with Gasteiger partial charge in [0.1, 0.15) is 21.8 Å². The Morgan fingerprint density at radius 2 is 2.36 bits per heavy atom. The van der Waals surface area contributed by atoms with Crippen molar-refractivity contribution in [3.05, 3.63) is 15.0 Å². The van der Waals surface area contributed by atoms with E-state index in [9.17, 15) is 4.79 Å². The van der Waals surface area contributed by atoms with E-state index >= 15 is 0 Å². The van der Waals surface area contributed by atoms with Gasteiger partial charge in [-0.05, 0) is 36.7 Å². The lowest BCUT2D eigenvalue weighted by atomic mass is 10.1. The Hall–Kier alpha value is -0.540. The first-order valence-corrected chi connectivity index (χ1v) is 8.74. The van der Waals surface area contributed by atoms with Gasteiger partial charge in [-0.2, -0.15) is 0 Å². The van der Waals surface area contributed by atoms with Crippen molar-refractivity contribution in [1.29, 1.82) is 0 Å². The number of ether oxygens (including phenoxy) is 3. The summed E-state index contributed by atoms with van der Waals surface area (Å²) < 4.78 is 17.6. The Balaban J connectivity index is 2.10. The van der Waals surface area contributed by atoms with E-state index in [1.807, 2.05) is 26.2 Å². The fraction of sp³-hybridized carbons (Fsp3) is 0.714. The molecule has 2 heterocycles. The Bertz CT molecular complexity index is 507. The molecule has 1 aromatic heterocycles. The monoisotopic (exact) mass is 392 g/mol. The van der Waals surface area contributed by atoms with Crippen molar-refractivity contribution >= 4 is 33.2 Å². The van der Waals surface area contributed by atoms with E-state index < -0.39 is 17.2 Å². The average molecular weight is 393 g/mol. The van der Waals surface area contributed by atoms with Crippen LogP contribution in [0, 0.1) is 0 Å². The van der Waals surface area contributed by atoms with E-state index in [1.165, 1.54) is 11.3 Å². The van der Waals surface area contributed by atoms with Crippen molar-refractivity contribution in [2.75, 3.05) is 32.9 Å². The number of hydrogen-bond acceptors (Lipinski definition) is 7. The van der Waals surface area contributed by atoms with E-state index in [4.69, 9.17) is 14.2 Å². The summed E-state index contributed by atoms with van der Waals surface area (Å²) in [5.41, 5.74) is -1.31. The zero-order valence-corrected chi connectivity index (χ0v) is 15.4. The average Bonchev–Trinajstić information content (AvgIpc) is 2.72. The largest absolute Gasteiger partial charge is 0.458 e. The third-order valence-corrected chi connectivity index (χ3v) is 4.66. The second-order valence-electron chi connectivity index (χ2n) is 6.07. The van der Waals surface area contributed by atoms with Crippen LogP contribution in [0.1, 0.15) is 25.8 Å². The smallest absolute Gasteiger partial charge is 0.332 e. The molecule has 0 amide bonds. The van der Waals surface area contributed by atoms with Crippen molar-refractivity contribution in [2.45, 2.75) is 32.0 Å². The standard InChI is InChI=1S/C14H21BrN2O4S/c1-13(2,3)21-11(18)6-20-14(8-16-4-5-19-9-14)12-17-10(15)7-22-12/h7,16H,4-6,8-9H2,1-3H3. The van der Waals surface area contributed by atoms with Crippen molar-refractivity contribution in [3.63, 3.8) is 0 Å². The van der Waals surface area contributed by atoms with Gasteiger partial charge >= 0.3 is 5.97 Å². The minimum atomic E-state index is -0.774. The molecule has 0 saturated carbocycles. The topological polar surface area (TPSA) is 69.7 Å². The van der Waals surface area contributed by atoms with Gasteiger partial charge in [-0.15, -0.1) is 11.3 Å². The normalized spacial score (nSPS) is 23.1. The minimum absolute atomic E-state index is 0.139. The van der Waals surface area contributed by atoms with Gasteiger partial charge in [-0.1, -0.05) is 0 Å². The van der Waals surface area contributed by atoms with Crippen molar-refractivity contribution in [1.82, 2.24) is 10.3 Å². The first-order chi connectivity index (χ1) is 10.3. The summed E-state index contributed by atoms with van der Waals surface area (Å²) in [6.07, 6.45) is 0. The molecule has 1 saturated heterocycles. The molecule has 6 nitrogen and oxygen atoms in total. The Morgan fingerprint density at radius 3 is 3.00 bits per heavy atom. The fourth-order valence-electron chi connectivity index (χ4n) is 2.05. The van der Waals surface area contributed by atoms with E-state index in [0.29, 0.717) is 19.8 Å². The summed E-state index contributed by atoms with van der Waals surface area (Å²) >= 11 is 4.83. The maximum absolute atomic E-state index is 11.9. The minimum Gasteiger partial charge on any atom is -0.458 e. The highest BCUT2D eigenvalue weighted by molar-refractivity contribution is 9.10. The summed E-state index contributed by atoms with van der Waals surface area (Å²) in [6, 6.07) is 0. The Kier molecular flexibility index (Phi) is 5.95. The fourth-order valence-corrected chi connectivity index (χ4v) is 3.44. The number of carbonyl (C=O) groups excluding carboxylic acids is 1. The van der Waals surface area contributed by atoms with Crippen LogP contribution in [0.5, 0.6) is 0 Å². The van der Waals surface area contributed by atoms with Crippen LogP contribution in [0.3, 0.4) is 0 Å². The summed E-state index contributed by atoms with van der Waals surface area (Å²) in [5.74, 6) is -0.397. The molecular weight excluding hydrogens is 372 g/mol. The third kappa shape index (κ3) is 4.99. The maximum atomic E-state index is 11.9. The summed E-state index contributed by atoms with van der Waals surface area (Å²) in [6.45, 7) is 7.57. The van der Waals surface area contributed by atoms with E-state index in [1.54, 1.807) is 0 Å². The van der Waals surface area contributed by atoms with Gasteiger partial charge in [0, 0.05) is 18.5 Å². The predicted octanol–water partition coefficient (Wildman–Crippen LogP) is 2.08. The molecular formula is C14H21BrN2O4S. The van der Waals surface area contributed by atoms with Crippen LogP contribution in [0.15, 0.2) is 9.98 Å². The second-order valence-corrected chi connectivity index (χ2v) is 7.74. The van der Waals surface area contributed by atoms with E-state index in [2.05, 4.69) is 26.2 Å². The van der Waals surface area contributed by atoms with Crippen molar-refractivity contribution < 1.29 is 19.0 Å². The van der Waals surface area contributed by atoms with Crippen LogP contribution >= 0.6 is 27.3 Å². The molecule has 124 valence electrons. The predicted molar refractivity (Wildman–Crippen MR) is 87.0 cm³/mol. The van der Waals surface area contributed by atoms with Gasteiger partial charge in [0.2, 0.25) is 0 Å². The summed E-state index contributed by atoms with van der Waals surface area (Å²) in [4.78, 5) is 16.4. The molecule has 1 aromatic rings. The van der Waals surface area contributed by atoms with Gasteiger partial charge in [-0.25, -0.2) is 9.78 Å². The molecule has 1 unspecified atom stereocenters. The first kappa shape index (κ1) is 17.8. The van der Waals surface area contributed by atoms with Crippen LogP contribution in [0.4, 0.5) is 0 Å². The number of carbonyl (C=O) groups is 1. The number of thiazole rings is 1. The molecule has 1 atom stereocenters. The number of aromatic nitrogens is 1. The van der Waals surface area contributed by atoms with E-state index in [0.717, 1.165) is 16.2 Å². The van der Waals surface area contributed by atoms with Crippen LogP contribution in [-0.4, -0.2) is 49.5 Å². The van der Waals surface area contributed by atoms with Crippen LogP contribution in [-0.2, 0) is 24.6 Å². The van der Waals surface area contributed by atoms with Gasteiger partial charge in [0.05, 0.1) is 13.2 Å². The Morgan fingerprint density at radius 1 is 1.59 bits per heavy atom. The molecule has 22 heavy (non-hydrogen) atoms. The van der Waals surface area contributed by atoms with Crippen molar-refractivity contribution in [2.24, 2.45) is 0 Å². The molecule has 1 N–H and O–H groups in total. The molecule has 0 spiro atoms. The highest BCUT2D eigenvalue weighted by Gasteiger charge is 2.39. The number of nitrogens with zero attached hydrogens (tertiary/aromatic N) is 1. The quantitative estimate of drug-likeness (QED) is 0.790. The van der Waals surface area contributed by atoms with Gasteiger partial charge in [-0.3, -0.25) is 0 Å². The van der Waals surface area contributed by atoms with Crippen molar-refractivity contribution in [3.8, 4) is 0 Å². The molecule has 0 aromatic carbocycles. The number of rotatable bonds is 4. The van der Waals surface area contributed by atoms with Crippen LogP contribution in [0.25, 0.3) is 0 Å². The molecule has 0 aliphatic carbocycles. The number of halogens is 1. The lowest BCUT2D eigenvalue weighted by Gasteiger charge is -2.30. The molecule has 2 rings (SSSR count). The highest BCUT2D eigenvalue weighted by atomic mass is 79.9. The highest BCUT2D eigenvalue weighted by Crippen LogP contribution is 2.31. The molecule has 8 heteroatoms. The Labute approximate surface area is 142 Å². The molecule has 0 radical (unpaired) electrons. The number of hydrogen-bond donors (Lipinski definition) is 1. The lowest BCUT2D eigenvalue weighted by Crippen LogP contribution is -2.44. The molecule has 1 fully saturated rings. The first-order valence-electron chi connectivity index (χ1n) is 7.06. The van der Waals surface area contributed by atoms with Crippen LogP contribution in [0.2, 0.25) is 0 Å². The van der Waals surface area contributed by atoms with Gasteiger partial charge < -0.3 is 19.5 Å². The van der Waals surface area contributed by atoms with E-state index in [-0.39, 0.29) is 6.61 Å². The zero-order chi connectivity index (χ0) is 16.2. The van der Waals surface area contributed by atoms with Gasteiger partial charge in [0.15, 0.2) is 5.60 Å². The lowest BCUT2D eigenvalue weighted by molar-refractivity contribution is -0.170. The number of esters is 1. The number of nitrogens with one attached hydrogen (secondary N) is 1. The maximum Gasteiger partial charge on any atom is 0.332 e. The van der Waals surface area contributed by atoms with Crippen LogP contribution < -0.4 is 5.32 Å². The van der Waals surface area contributed by atoms with Gasteiger partial charge in [0.25, 0.3) is 0 Å². The summed E-state index contributed by atoms with van der Waals surface area (Å²) in [7, 11) is 0. The third-order valence-electron chi connectivity index (χ3n) is 2.92. The molecule has 0 bridgehead atoms. The second kappa shape index (κ2) is 7.35. The zero-order valence-electron chi connectivity index (χ0n) is 13.0. The summed E-state index contributed by atoms with van der Waals surface area (Å²) in [5, 5.41) is 5.93. The molecule has 1 aliphatic rings. The molecule has 1 aliphatic heterocycles. The SMILES string of the molecule is CC(C)(C)OC(=O)COC1(c2nc(Br)cs2)CNCCOC1.